The third-order valence-electron chi connectivity index (χ3n) is 3.43. The normalized spacial score (nSPS) is 17.0. The fourth-order valence-electron chi connectivity index (χ4n) is 2.23. The molecule has 0 radical (unpaired) electrons. The van der Waals surface area contributed by atoms with Crippen molar-refractivity contribution in [2.75, 3.05) is 11.3 Å². The zero-order valence-electron chi connectivity index (χ0n) is 10.5. The van der Waals surface area contributed by atoms with E-state index in [0.29, 0.717) is 5.69 Å². The van der Waals surface area contributed by atoms with Gasteiger partial charge in [0.2, 0.25) is 10.0 Å². The van der Waals surface area contributed by atoms with E-state index in [1.165, 1.54) is 12.5 Å². The van der Waals surface area contributed by atoms with E-state index in [-0.39, 0.29) is 6.61 Å². The molecule has 0 amide bonds. The second kappa shape index (κ2) is 5.28. The van der Waals surface area contributed by atoms with Gasteiger partial charge in [-0.25, -0.2) is 8.42 Å². The van der Waals surface area contributed by atoms with Crippen LogP contribution in [-0.2, 0) is 22.9 Å². The number of fused-ring (bicyclic) bond motifs is 1. The average Bonchev–Trinajstić information content (AvgIpc) is 2.38. The van der Waals surface area contributed by atoms with Crippen molar-refractivity contribution in [3.8, 4) is 0 Å². The summed E-state index contributed by atoms with van der Waals surface area (Å²) in [5.41, 5.74) is 3.02. The molecule has 1 aliphatic rings. The molecule has 0 aromatic heterocycles. The third-order valence-corrected chi connectivity index (χ3v) is 5.15. The molecule has 1 atom stereocenters. The van der Waals surface area contributed by atoms with Crippen LogP contribution in [0, 0.1) is 0 Å². The van der Waals surface area contributed by atoms with Crippen molar-refractivity contribution in [3.05, 3.63) is 29.3 Å². The van der Waals surface area contributed by atoms with Crippen LogP contribution in [0.3, 0.4) is 0 Å². The first-order chi connectivity index (χ1) is 8.54. The Hall–Kier alpha value is -1.07. The molecular weight excluding hydrogens is 250 g/mol. The van der Waals surface area contributed by atoms with E-state index in [4.69, 9.17) is 5.11 Å². The van der Waals surface area contributed by atoms with Gasteiger partial charge in [0.1, 0.15) is 5.25 Å². The Labute approximate surface area is 108 Å². The van der Waals surface area contributed by atoms with Crippen LogP contribution in [0.5, 0.6) is 0 Å². The number of aliphatic hydroxyl groups is 1. The lowest BCUT2D eigenvalue weighted by molar-refractivity contribution is 0.296. The van der Waals surface area contributed by atoms with Gasteiger partial charge in [-0.2, -0.15) is 0 Å². The Bertz CT molecular complexity index is 525. The molecule has 0 saturated heterocycles. The SMILES string of the molecule is CC(CO)S(=O)(=O)Nc1cccc2c1CCCC2. The summed E-state index contributed by atoms with van der Waals surface area (Å²) in [6, 6.07) is 5.74. The molecule has 1 aliphatic carbocycles. The highest BCUT2D eigenvalue weighted by Gasteiger charge is 2.22. The minimum atomic E-state index is -3.50. The molecule has 1 aromatic rings. The van der Waals surface area contributed by atoms with Crippen molar-refractivity contribution >= 4 is 15.7 Å². The first-order valence-electron chi connectivity index (χ1n) is 6.28. The quantitative estimate of drug-likeness (QED) is 0.874. The number of rotatable bonds is 4. The third kappa shape index (κ3) is 2.67. The van der Waals surface area contributed by atoms with Crippen LogP contribution in [0.25, 0.3) is 0 Å². The van der Waals surface area contributed by atoms with Crippen LogP contribution in [0.15, 0.2) is 18.2 Å². The van der Waals surface area contributed by atoms with Gasteiger partial charge in [0.15, 0.2) is 0 Å². The lowest BCUT2D eigenvalue weighted by Crippen LogP contribution is -2.28. The molecular formula is C13H19NO3S. The molecule has 0 spiro atoms. The lowest BCUT2D eigenvalue weighted by Gasteiger charge is -2.21. The first kappa shape index (κ1) is 13.4. The van der Waals surface area contributed by atoms with Crippen molar-refractivity contribution in [2.24, 2.45) is 0 Å². The van der Waals surface area contributed by atoms with Crippen molar-refractivity contribution in [3.63, 3.8) is 0 Å². The summed E-state index contributed by atoms with van der Waals surface area (Å²) < 4.78 is 26.5. The predicted molar refractivity (Wildman–Crippen MR) is 72.2 cm³/mol. The number of anilines is 1. The van der Waals surface area contributed by atoms with E-state index in [2.05, 4.69) is 10.8 Å². The van der Waals surface area contributed by atoms with Gasteiger partial charge in [-0.05, 0) is 49.8 Å². The molecule has 18 heavy (non-hydrogen) atoms. The monoisotopic (exact) mass is 269 g/mol. The van der Waals surface area contributed by atoms with Crippen LogP contribution in [0.2, 0.25) is 0 Å². The zero-order chi connectivity index (χ0) is 13.2. The summed E-state index contributed by atoms with van der Waals surface area (Å²) >= 11 is 0. The van der Waals surface area contributed by atoms with E-state index < -0.39 is 15.3 Å². The Kier molecular flexibility index (Phi) is 3.92. The smallest absolute Gasteiger partial charge is 0.237 e. The van der Waals surface area contributed by atoms with Gasteiger partial charge in [0.05, 0.1) is 12.3 Å². The van der Waals surface area contributed by atoms with Gasteiger partial charge in [-0.1, -0.05) is 12.1 Å². The fraction of sp³-hybridized carbons (Fsp3) is 0.538. The minimum absolute atomic E-state index is 0.371. The highest BCUT2D eigenvalue weighted by molar-refractivity contribution is 7.93. The molecule has 2 N–H and O–H groups in total. The van der Waals surface area contributed by atoms with Crippen LogP contribution >= 0.6 is 0 Å². The standard InChI is InChI=1S/C13H19NO3S/c1-10(9-15)18(16,17)14-13-8-4-6-11-5-2-3-7-12(11)13/h4,6,8,10,14-15H,2-3,5,7,9H2,1H3. The maximum atomic E-state index is 11.9. The second-order valence-electron chi connectivity index (χ2n) is 4.79. The Morgan fingerprint density at radius 3 is 2.78 bits per heavy atom. The first-order valence-corrected chi connectivity index (χ1v) is 7.82. The molecule has 1 unspecified atom stereocenters. The summed E-state index contributed by atoms with van der Waals surface area (Å²) in [5.74, 6) is 0. The highest BCUT2D eigenvalue weighted by Crippen LogP contribution is 2.28. The van der Waals surface area contributed by atoms with Crippen LogP contribution in [0.1, 0.15) is 30.9 Å². The van der Waals surface area contributed by atoms with Crippen molar-refractivity contribution < 1.29 is 13.5 Å². The van der Waals surface area contributed by atoms with Crippen molar-refractivity contribution in [1.29, 1.82) is 0 Å². The molecule has 100 valence electrons. The topological polar surface area (TPSA) is 66.4 Å². The molecule has 0 bridgehead atoms. The van der Waals surface area contributed by atoms with E-state index in [0.717, 1.165) is 31.2 Å². The Balaban J connectivity index is 2.30. The second-order valence-corrected chi connectivity index (χ2v) is 6.89. The lowest BCUT2D eigenvalue weighted by atomic mass is 9.91. The van der Waals surface area contributed by atoms with E-state index in [1.807, 2.05) is 6.07 Å². The number of sulfonamides is 1. The Morgan fingerprint density at radius 2 is 2.06 bits per heavy atom. The van der Waals surface area contributed by atoms with Crippen LogP contribution in [0.4, 0.5) is 5.69 Å². The molecule has 0 heterocycles. The van der Waals surface area contributed by atoms with Crippen molar-refractivity contribution in [2.45, 2.75) is 37.9 Å². The zero-order valence-corrected chi connectivity index (χ0v) is 11.3. The largest absolute Gasteiger partial charge is 0.395 e. The van der Waals surface area contributed by atoms with E-state index in [9.17, 15) is 8.42 Å². The van der Waals surface area contributed by atoms with Gasteiger partial charge in [0, 0.05) is 0 Å². The molecule has 0 aliphatic heterocycles. The number of hydrogen-bond donors (Lipinski definition) is 2. The Morgan fingerprint density at radius 1 is 1.33 bits per heavy atom. The van der Waals surface area contributed by atoms with Crippen LogP contribution in [-0.4, -0.2) is 25.4 Å². The summed E-state index contributed by atoms with van der Waals surface area (Å²) in [6.45, 7) is 1.13. The number of aryl methyl sites for hydroxylation is 1. The number of aliphatic hydroxyl groups excluding tert-OH is 1. The molecule has 1 aromatic carbocycles. The maximum absolute atomic E-state index is 11.9. The summed E-state index contributed by atoms with van der Waals surface area (Å²) in [4.78, 5) is 0. The van der Waals surface area contributed by atoms with Crippen molar-refractivity contribution in [1.82, 2.24) is 0 Å². The molecule has 2 rings (SSSR count). The molecule has 0 fully saturated rings. The number of hydrogen-bond acceptors (Lipinski definition) is 3. The molecule has 0 saturated carbocycles. The maximum Gasteiger partial charge on any atom is 0.237 e. The fourth-order valence-corrected chi connectivity index (χ4v) is 3.12. The molecule has 4 nitrogen and oxygen atoms in total. The number of benzene rings is 1. The van der Waals surface area contributed by atoms with Gasteiger partial charge in [-0.15, -0.1) is 0 Å². The van der Waals surface area contributed by atoms with Gasteiger partial charge in [-0.3, -0.25) is 4.72 Å². The van der Waals surface area contributed by atoms with Gasteiger partial charge >= 0.3 is 0 Å². The minimum Gasteiger partial charge on any atom is -0.395 e. The van der Waals surface area contributed by atoms with Gasteiger partial charge < -0.3 is 5.11 Å². The summed E-state index contributed by atoms with van der Waals surface area (Å²) in [5, 5.41) is 8.17. The van der Waals surface area contributed by atoms with E-state index >= 15 is 0 Å². The number of nitrogens with one attached hydrogen (secondary N) is 1. The van der Waals surface area contributed by atoms with E-state index in [1.54, 1.807) is 6.07 Å². The summed E-state index contributed by atoms with van der Waals surface area (Å²) in [6.07, 6.45) is 4.19. The highest BCUT2D eigenvalue weighted by atomic mass is 32.2. The van der Waals surface area contributed by atoms with Gasteiger partial charge in [0.25, 0.3) is 0 Å². The summed E-state index contributed by atoms with van der Waals surface area (Å²) in [7, 11) is -3.50. The van der Waals surface area contributed by atoms with Crippen LogP contribution < -0.4 is 4.72 Å². The predicted octanol–water partition coefficient (Wildman–Crippen LogP) is 1.69. The molecule has 5 heteroatoms. The average molecular weight is 269 g/mol.